The molecular weight excluding hydrogens is 1700 g/mol. The second-order valence-electron chi connectivity index (χ2n) is 35.8. The van der Waals surface area contributed by atoms with Gasteiger partial charge < -0.3 is 37.6 Å². The third-order valence-corrected chi connectivity index (χ3v) is 24.9. The van der Waals surface area contributed by atoms with Crippen molar-refractivity contribution in [1.29, 1.82) is 0 Å². The normalized spacial score (nSPS) is 13.7. The number of nitrogens with zero attached hydrogens (tertiary/aromatic N) is 5. The molecule has 0 bridgehead atoms. The van der Waals surface area contributed by atoms with Crippen molar-refractivity contribution < 1.29 is 72.8 Å². The average molecular weight is 1810 g/mol. The van der Waals surface area contributed by atoms with E-state index >= 15 is 0 Å². The Kier molecular flexibility index (Phi) is 26.3. The average Bonchev–Trinajstić information content (AvgIpc) is 0.756. The fourth-order valence-electron chi connectivity index (χ4n) is 16.9. The van der Waals surface area contributed by atoms with Gasteiger partial charge in [-0.05, 0) is 309 Å². The molecule has 3 atom stereocenters. The Bertz CT molecular complexity index is 7190. The van der Waals surface area contributed by atoms with Crippen molar-refractivity contribution in [2.75, 3.05) is 25.7 Å². The van der Waals surface area contributed by atoms with Gasteiger partial charge in [-0.15, -0.1) is 0 Å². The fourth-order valence-corrected chi connectivity index (χ4v) is 18.4. The summed E-state index contributed by atoms with van der Waals surface area (Å²) in [5, 5.41) is 4.67. The van der Waals surface area contributed by atoms with Crippen molar-refractivity contribution in [1.82, 2.24) is 24.1 Å². The van der Waals surface area contributed by atoms with E-state index in [9.17, 15) is 54.0 Å². The maximum absolute atomic E-state index is 13.5. The highest BCUT2D eigenvalue weighted by atomic mass is 35.5. The summed E-state index contributed by atoms with van der Waals surface area (Å²) in [7, 11) is -6.75. The Balaban J connectivity index is 0.000000157. The molecule has 129 heavy (non-hydrogen) atoms. The van der Waals surface area contributed by atoms with Gasteiger partial charge in [0.2, 0.25) is 5.88 Å². The van der Waals surface area contributed by atoms with Crippen molar-refractivity contribution >= 4 is 103 Å². The molecular formula is C103H101ClF3N5O15S2. The number of halogens is 4. The van der Waals surface area contributed by atoms with Gasteiger partial charge in [-0.2, -0.15) is 13.2 Å². The fraction of sp³-hybridized carbons (Fsp3) is 0.301. The van der Waals surface area contributed by atoms with Crippen LogP contribution in [-0.4, -0.2) is 101 Å². The van der Waals surface area contributed by atoms with E-state index in [2.05, 4.69) is 0 Å². The smallest absolute Gasteiger partial charge is 0.416 e. The molecule has 2 aliphatic heterocycles. The van der Waals surface area contributed by atoms with E-state index in [0.717, 1.165) is 125 Å². The first-order valence-electron chi connectivity index (χ1n) is 42.2. The van der Waals surface area contributed by atoms with Crippen LogP contribution in [0.5, 0.6) is 17.4 Å². The molecule has 668 valence electrons. The lowest BCUT2D eigenvalue weighted by molar-refractivity contribution is -0.139. The summed E-state index contributed by atoms with van der Waals surface area (Å²) in [6.07, 6.45) is 0.333. The second kappa shape index (κ2) is 36.4. The number of aryl methyl sites for hydroxylation is 3. The van der Waals surface area contributed by atoms with Crippen molar-refractivity contribution in [3.63, 3.8) is 0 Å². The number of aromatic nitrogens is 5. The quantitative estimate of drug-likeness (QED) is 0.0647. The second-order valence-corrected chi connectivity index (χ2v) is 40.3. The summed E-state index contributed by atoms with van der Waals surface area (Å²) in [5.41, 5.74) is 13.3. The highest BCUT2D eigenvalue weighted by Gasteiger charge is 2.37. The van der Waals surface area contributed by atoms with Gasteiger partial charge in [0.1, 0.15) is 36.4 Å². The van der Waals surface area contributed by atoms with Gasteiger partial charge >= 0.3 is 6.18 Å². The number of carbonyl (C=O) groups is 3. The molecule has 26 heteroatoms. The molecule has 0 radical (unpaired) electrons. The zero-order valence-corrected chi connectivity index (χ0v) is 77.3. The van der Waals surface area contributed by atoms with Gasteiger partial charge in [0.15, 0.2) is 37.0 Å². The molecule has 14 aromatic rings. The minimum atomic E-state index is -4.52. The van der Waals surface area contributed by atoms with Gasteiger partial charge in [0.25, 0.3) is 11.1 Å². The van der Waals surface area contributed by atoms with E-state index in [1.807, 2.05) is 168 Å². The number of carbonyl (C=O) groups excluding carboxylic acids is 3. The van der Waals surface area contributed by atoms with Gasteiger partial charge in [0.05, 0.1) is 86.0 Å². The van der Waals surface area contributed by atoms with E-state index in [1.165, 1.54) is 54.5 Å². The molecule has 0 saturated carbocycles. The van der Waals surface area contributed by atoms with E-state index < -0.39 is 66.5 Å². The highest BCUT2D eigenvalue weighted by Crippen LogP contribution is 2.49. The molecule has 0 unspecified atom stereocenters. The van der Waals surface area contributed by atoms with Crippen LogP contribution >= 0.6 is 11.6 Å². The molecule has 9 aromatic carbocycles. The first-order chi connectivity index (χ1) is 60.7. The van der Waals surface area contributed by atoms with Crippen molar-refractivity contribution in [3.8, 4) is 50.8 Å². The van der Waals surface area contributed by atoms with Gasteiger partial charge in [0, 0.05) is 99.0 Å². The minimum absolute atomic E-state index is 0.0805. The number of hydrogen-bond donors (Lipinski definition) is 0. The summed E-state index contributed by atoms with van der Waals surface area (Å²) in [6.45, 7) is 28.9. The Hall–Kier alpha value is -12.1. The van der Waals surface area contributed by atoms with Gasteiger partial charge in [-0.1, -0.05) is 60.1 Å². The molecule has 0 spiro atoms. The Morgan fingerprint density at radius 1 is 0.481 bits per heavy atom. The van der Waals surface area contributed by atoms with Crippen LogP contribution in [0.1, 0.15) is 168 Å². The number of benzene rings is 9. The number of ether oxygens (including phenoxy) is 6. The summed E-state index contributed by atoms with van der Waals surface area (Å²) in [5.74, 6) is 1.49. The number of fused-ring (bicyclic) bond motifs is 3. The van der Waals surface area contributed by atoms with Crippen LogP contribution < -0.4 is 25.3 Å². The lowest BCUT2D eigenvalue weighted by atomic mass is 9.85. The van der Waals surface area contributed by atoms with E-state index in [1.54, 1.807) is 90.5 Å². The summed E-state index contributed by atoms with van der Waals surface area (Å²) in [6, 6.07) is 53.2. The lowest BCUT2D eigenvalue weighted by Crippen LogP contribution is -2.27. The summed E-state index contributed by atoms with van der Waals surface area (Å²) >= 11 is 6.20. The van der Waals surface area contributed by atoms with Crippen LogP contribution in [0.3, 0.4) is 0 Å². The summed E-state index contributed by atoms with van der Waals surface area (Å²) < 4.78 is 129. The third kappa shape index (κ3) is 20.5. The standard InChI is InChI=1S/C36H33F3N2O4.C36H36N2O6S.C31H32ClNO5S/c1-20-17-27-25(10-12-29(43)41(27)19-22-7-6-8-24(18-22)36(37,38)39)32(30(20)34(21(2)42)45-35(3,4)5)26-9-11-28-31-23(14-16-44-28)13-15-40-33(26)31;1-21-18-28-26(11-13-30(38-28)43-20-23-8-7-9-25(19-23)45(6,40)41)33(31(21)35(22(2)39)44-36(3,4)5)27-10-12-29-32-24(15-17-42-29)14-16-37-34(27)32;1-19-16-26-25(14-15-27(35)33(26)18-21-8-7-9-24(17-21)39(6,36)37)29(22-10-12-23(32)13-11-22)28(19)30(20(2)34)38-31(3,4)5/h6-13,15,17-18,34H,14,16,19H2,1-5H3;7-14,16,18-19,35H,15,17,20H2,1-6H3;7-17,30H,18H2,1-6H3/t34-;35-;30-/m111/s1. The Morgan fingerprint density at radius 2 is 0.891 bits per heavy atom. The van der Waals surface area contributed by atoms with Crippen LogP contribution in [0.4, 0.5) is 13.2 Å². The number of rotatable bonds is 21. The molecule has 0 amide bonds. The molecule has 0 aliphatic carbocycles. The van der Waals surface area contributed by atoms with E-state index in [0.29, 0.717) is 85.0 Å². The largest absolute Gasteiger partial charge is 0.493 e. The zero-order valence-electron chi connectivity index (χ0n) is 74.9. The SMILES string of the molecule is CC(=O)[C@@H](OC(C)(C)C)c1c(C)cc2c(ccc(=O)n2Cc2cccc(C(F)(F)F)c2)c1-c1ccc2c3c(ccnc13)CCO2.CC(=O)[C@@H](OC(C)(C)C)c1c(C)cc2c(ccc(=O)n2Cc2cccc(S(C)(=O)=O)c2)c1-c1ccc(Cl)cc1.CC(=O)[C@@H](OC(C)(C)C)c1c(C)cc2nc(OCc3cccc(S(C)(=O)=O)c3)ccc2c1-c1ccc2c3c(ccnc13)CCO2. The van der Waals surface area contributed by atoms with Crippen molar-refractivity contribution in [2.24, 2.45) is 0 Å². The van der Waals surface area contributed by atoms with Crippen LogP contribution in [0.2, 0.25) is 5.02 Å². The van der Waals surface area contributed by atoms with Crippen LogP contribution in [0, 0.1) is 20.8 Å². The molecule has 0 saturated heterocycles. The number of ketones is 3. The van der Waals surface area contributed by atoms with Crippen molar-refractivity contribution in [2.45, 2.75) is 187 Å². The van der Waals surface area contributed by atoms with Crippen LogP contribution in [0.25, 0.3) is 87.9 Å². The monoisotopic (exact) mass is 1800 g/mol. The molecule has 20 nitrogen and oxygen atoms in total. The molecule has 16 rings (SSSR count). The number of alkyl halides is 3. The minimum Gasteiger partial charge on any atom is -0.493 e. The summed E-state index contributed by atoms with van der Waals surface area (Å²) in [4.78, 5) is 81.0. The number of hydrogen-bond acceptors (Lipinski definition) is 18. The lowest BCUT2D eigenvalue weighted by Gasteiger charge is -2.30. The predicted molar refractivity (Wildman–Crippen MR) is 499 cm³/mol. The van der Waals surface area contributed by atoms with E-state index in [4.69, 9.17) is 55.0 Å². The van der Waals surface area contributed by atoms with Crippen molar-refractivity contribution in [3.05, 3.63) is 293 Å². The number of sulfone groups is 2. The zero-order chi connectivity index (χ0) is 93.1. The first-order valence-corrected chi connectivity index (χ1v) is 46.4. The van der Waals surface area contributed by atoms with Crippen LogP contribution in [0.15, 0.2) is 220 Å². The molecule has 7 heterocycles. The maximum Gasteiger partial charge on any atom is 0.416 e. The molecule has 0 fully saturated rings. The maximum atomic E-state index is 13.5. The Morgan fingerprint density at radius 3 is 1.34 bits per heavy atom. The highest BCUT2D eigenvalue weighted by molar-refractivity contribution is 7.91. The molecule has 0 N–H and O–H groups in total. The third-order valence-electron chi connectivity index (χ3n) is 22.4. The van der Waals surface area contributed by atoms with Gasteiger partial charge in [-0.25, -0.2) is 21.8 Å². The molecule has 5 aromatic heterocycles. The van der Waals surface area contributed by atoms with E-state index in [-0.39, 0.29) is 58.0 Å². The Labute approximate surface area is 752 Å². The predicted octanol–water partition coefficient (Wildman–Crippen LogP) is 21.6. The van der Waals surface area contributed by atoms with Crippen LogP contribution in [-0.2, 0) is 87.0 Å². The first kappa shape index (κ1) is 93.1. The molecule has 2 aliphatic rings. The number of Topliss-reactive ketones (excluding diaryl/α,β-unsaturated/α-hetero) is 3. The topological polar surface area (TPSA) is 258 Å². The number of pyridine rings is 5. The van der Waals surface area contributed by atoms with Gasteiger partial charge in [-0.3, -0.25) is 33.9 Å².